The summed E-state index contributed by atoms with van der Waals surface area (Å²) in [5.41, 5.74) is 7.46. The summed E-state index contributed by atoms with van der Waals surface area (Å²) in [7, 11) is 5.57. The lowest BCUT2D eigenvalue weighted by molar-refractivity contribution is -0.142. The van der Waals surface area contributed by atoms with Crippen LogP contribution in [0.3, 0.4) is 0 Å². The van der Waals surface area contributed by atoms with Gasteiger partial charge in [-0.1, -0.05) is 48.5 Å². The molecular weight excluding hydrogens is 450 g/mol. The number of fused-ring (bicyclic) bond motifs is 1. The second-order valence-electron chi connectivity index (χ2n) is 9.12. The van der Waals surface area contributed by atoms with Gasteiger partial charge in [-0.25, -0.2) is 0 Å². The summed E-state index contributed by atoms with van der Waals surface area (Å²) in [6, 6.07) is 24.2. The largest absolute Gasteiger partial charge is 0.497 e. The molecule has 0 N–H and O–H groups in total. The van der Waals surface area contributed by atoms with Crippen molar-refractivity contribution in [3.8, 4) is 11.5 Å². The fourth-order valence-corrected chi connectivity index (χ4v) is 4.22. The number of ether oxygens (including phenoxy) is 3. The fraction of sp³-hybridized carbons (Fsp3) is 0.258. The van der Waals surface area contributed by atoms with Crippen molar-refractivity contribution in [2.45, 2.75) is 20.0 Å². The molecule has 5 heteroatoms. The first-order valence-electron chi connectivity index (χ1n) is 12.1. The molecule has 4 rings (SSSR count). The molecule has 1 aliphatic rings. The van der Waals surface area contributed by atoms with Crippen LogP contribution in [-0.4, -0.2) is 45.2 Å². The first kappa shape index (κ1) is 25.3. The highest BCUT2D eigenvalue weighted by Gasteiger charge is 2.26. The van der Waals surface area contributed by atoms with E-state index >= 15 is 0 Å². The lowest BCUT2D eigenvalue weighted by Gasteiger charge is -2.11. The number of benzene rings is 3. The van der Waals surface area contributed by atoms with Gasteiger partial charge >= 0.3 is 5.97 Å². The van der Waals surface area contributed by atoms with E-state index in [1.165, 1.54) is 0 Å². The molecule has 186 valence electrons. The maximum absolute atomic E-state index is 12.6. The van der Waals surface area contributed by atoms with E-state index < -0.39 is 0 Å². The summed E-state index contributed by atoms with van der Waals surface area (Å²) in [6.45, 7) is 3.68. The molecule has 3 aromatic rings. The molecule has 1 aliphatic carbocycles. The van der Waals surface area contributed by atoms with E-state index in [2.05, 4.69) is 43.3 Å². The third-order valence-corrected chi connectivity index (χ3v) is 6.26. The predicted octanol–water partition coefficient (Wildman–Crippen LogP) is 6.10. The van der Waals surface area contributed by atoms with Crippen LogP contribution in [0, 0.1) is 0 Å². The number of rotatable bonds is 10. The SMILES string of the molecule is COc1ccc2c(c1)C(CC(=O)OCCN(C)C)=C(C)/C2=C/c1ccc(OCc2ccccc2)cc1. The van der Waals surface area contributed by atoms with Gasteiger partial charge in [0.25, 0.3) is 0 Å². The standard InChI is InChI=1S/C31H33NO4/c1-22-28(18-23-10-12-25(13-11-23)36-21-24-8-6-5-7-9-24)27-15-14-26(34-4)19-30(27)29(22)20-31(33)35-17-16-32(2)3/h5-15,18-19H,16-17,20-21H2,1-4H3/b28-18-. The second-order valence-corrected chi connectivity index (χ2v) is 9.12. The molecule has 0 spiro atoms. The number of hydrogen-bond acceptors (Lipinski definition) is 5. The Balaban J connectivity index is 1.55. The molecule has 3 aromatic carbocycles. The summed E-state index contributed by atoms with van der Waals surface area (Å²) in [5.74, 6) is 1.37. The van der Waals surface area contributed by atoms with Crippen LogP contribution < -0.4 is 9.47 Å². The van der Waals surface area contributed by atoms with E-state index in [-0.39, 0.29) is 12.4 Å². The Hall–Kier alpha value is -3.83. The van der Waals surface area contributed by atoms with Crippen molar-refractivity contribution < 1.29 is 19.0 Å². The highest BCUT2D eigenvalue weighted by atomic mass is 16.5. The van der Waals surface area contributed by atoms with Gasteiger partial charge in [-0.2, -0.15) is 0 Å². The average molecular weight is 484 g/mol. The van der Waals surface area contributed by atoms with E-state index in [1.54, 1.807) is 7.11 Å². The number of methoxy groups -OCH3 is 1. The van der Waals surface area contributed by atoms with Gasteiger partial charge in [0, 0.05) is 6.54 Å². The Morgan fingerprint density at radius 3 is 2.33 bits per heavy atom. The van der Waals surface area contributed by atoms with E-state index in [9.17, 15) is 4.79 Å². The van der Waals surface area contributed by atoms with Crippen LogP contribution in [0.1, 0.15) is 35.6 Å². The fourth-order valence-electron chi connectivity index (χ4n) is 4.22. The van der Waals surface area contributed by atoms with Crippen molar-refractivity contribution in [1.29, 1.82) is 0 Å². The zero-order valence-corrected chi connectivity index (χ0v) is 21.4. The highest BCUT2D eigenvalue weighted by molar-refractivity contribution is 6.07. The Labute approximate surface area is 213 Å². The maximum atomic E-state index is 12.6. The number of nitrogens with zero attached hydrogens (tertiary/aromatic N) is 1. The van der Waals surface area contributed by atoms with Crippen molar-refractivity contribution in [1.82, 2.24) is 4.90 Å². The van der Waals surface area contributed by atoms with Gasteiger partial charge < -0.3 is 19.1 Å². The quantitative estimate of drug-likeness (QED) is 0.326. The molecule has 0 bridgehead atoms. The van der Waals surface area contributed by atoms with Gasteiger partial charge in [-0.15, -0.1) is 0 Å². The number of carbonyl (C=O) groups excluding carboxylic acids is 1. The Morgan fingerprint density at radius 1 is 0.917 bits per heavy atom. The van der Waals surface area contributed by atoms with Gasteiger partial charge in [-0.05, 0) is 90.3 Å². The molecule has 0 saturated heterocycles. The summed E-state index contributed by atoms with van der Waals surface area (Å²) in [4.78, 5) is 14.6. The minimum Gasteiger partial charge on any atom is -0.497 e. The first-order chi connectivity index (χ1) is 17.4. The van der Waals surface area contributed by atoms with Crippen LogP contribution in [0.5, 0.6) is 11.5 Å². The van der Waals surface area contributed by atoms with Gasteiger partial charge in [0.2, 0.25) is 0 Å². The van der Waals surface area contributed by atoms with E-state index in [0.717, 1.165) is 50.5 Å². The Morgan fingerprint density at radius 2 is 1.64 bits per heavy atom. The lowest BCUT2D eigenvalue weighted by Crippen LogP contribution is -2.20. The predicted molar refractivity (Wildman–Crippen MR) is 145 cm³/mol. The van der Waals surface area contributed by atoms with Crippen LogP contribution in [0.25, 0.3) is 17.2 Å². The van der Waals surface area contributed by atoms with Gasteiger partial charge in [0.15, 0.2) is 0 Å². The molecular formula is C31H33NO4. The number of carbonyl (C=O) groups is 1. The number of esters is 1. The van der Waals surface area contributed by atoms with Crippen molar-refractivity contribution in [2.75, 3.05) is 34.4 Å². The number of likely N-dealkylation sites (N-methyl/N-ethyl adjacent to an activating group) is 1. The lowest BCUT2D eigenvalue weighted by atomic mass is 10.0. The van der Waals surface area contributed by atoms with Crippen LogP contribution in [0.15, 0.2) is 78.4 Å². The van der Waals surface area contributed by atoms with E-state index in [4.69, 9.17) is 14.2 Å². The second kappa shape index (κ2) is 11.7. The van der Waals surface area contributed by atoms with Crippen molar-refractivity contribution in [2.24, 2.45) is 0 Å². The van der Waals surface area contributed by atoms with Crippen LogP contribution in [0.4, 0.5) is 0 Å². The third kappa shape index (κ3) is 6.23. The Bertz CT molecular complexity index is 1260. The third-order valence-electron chi connectivity index (χ3n) is 6.26. The average Bonchev–Trinajstić information content (AvgIpc) is 3.13. The Kier molecular flexibility index (Phi) is 8.24. The molecule has 0 atom stereocenters. The minimum absolute atomic E-state index is 0.221. The van der Waals surface area contributed by atoms with Gasteiger partial charge in [0.05, 0.1) is 13.5 Å². The van der Waals surface area contributed by atoms with Crippen molar-refractivity contribution in [3.63, 3.8) is 0 Å². The molecule has 0 unspecified atom stereocenters. The molecule has 0 amide bonds. The number of hydrogen-bond donors (Lipinski definition) is 0. The van der Waals surface area contributed by atoms with E-state index in [0.29, 0.717) is 19.8 Å². The summed E-state index contributed by atoms with van der Waals surface area (Å²) < 4.78 is 16.9. The van der Waals surface area contributed by atoms with Crippen LogP contribution >= 0.6 is 0 Å². The first-order valence-corrected chi connectivity index (χ1v) is 12.1. The molecule has 0 aromatic heterocycles. The maximum Gasteiger partial charge on any atom is 0.310 e. The molecule has 36 heavy (non-hydrogen) atoms. The number of allylic oxidation sites excluding steroid dienone is 2. The molecule has 5 nitrogen and oxygen atoms in total. The normalized spacial score (nSPS) is 13.8. The smallest absolute Gasteiger partial charge is 0.310 e. The van der Waals surface area contributed by atoms with Crippen molar-refractivity contribution >= 4 is 23.2 Å². The van der Waals surface area contributed by atoms with Crippen molar-refractivity contribution in [3.05, 3.63) is 101 Å². The molecule has 0 fully saturated rings. The topological polar surface area (TPSA) is 48.0 Å². The molecule has 0 radical (unpaired) electrons. The van der Waals surface area contributed by atoms with Gasteiger partial charge in [0.1, 0.15) is 24.7 Å². The van der Waals surface area contributed by atoms with Gasteiger partial charge in [-0.3, -0.25) is 4.79 Å². The molecule has 0 saturated carbocycles. The molecule has 0 heterocycles. The minimum atomic E-state index is -0.221. The summed E-state index contributed by atoms with van der Waals surface area (Å²) in [5, 5.41) is 0. The zero-order chi connectivity index (χ0) is 25.5. The van der Waals surface area contributed by atoms with E-state index in [1.807, 2.05) is 61.5 Å². The summed E-state index contributed by atoms with van der Waals surface area (Å²) >= 11 is 0. The summed E-state index contributed by atoms with van der Waals surface area (Å²) in [6.07, 6.45) is 2.38. The zero-order valence-electron chi connectivity index (χ0n) is 21.4. The highest BCUT2D eigenvalue weighted by Crippen LogP contribution is 2.45. The van der Waals surface area contributed by atoms with Crippen LogP contribution in [0.2, 0.25) is 0 Å². The monoisotopic (exact) mass is 483 g/mol. The molecule has 0 aliphatic heterocycles. The van der Waals surface area contributed by atoms with Crippen LogP contribution in [-0.2, 0) is 16.1 Å².